The number of fused-ring (bicyclic) bond motifs is 1. The predicted molar refractivity (Wildman–Crippen MR) is 89.0 cm³/mol. The number of amides is 1. The van der Waals surface area contributed by atoms with E-state index in [-0.39, 0.29) is 12.4 Å². The van der Waals surface area contributed by atoms with E-state index < -0.39 is 18.0 Å². The Morgan fingerprint density at radius 3 is 2.85 bits per heavy atom. The van der Waals surface area contributed by atoms with E-state index in [2.05, 4.69) is 5.32 Å². The molecule has 1 aliphatic rings. The number of ether oxygens (including phenoxy) is 3. The Bertz CT molecular complexity index is 895. The number of carbonyl (C=O) groups is 2. The third kappa shape index (κ3) is 3.84. The van der Waals surface area contributed by atoms with E-state index in [0.29, 0.717) is 22.9 Å². The van der Waals surface area contributed by atoms with Crippen molar-refractivity contribution in [2.24, 2.45) is 0 Å². The predicted octanol–water partition coefficient (Wildman–Crippen LogP) is 2.49. The van der Waals surface area contributed by atoms with Gasteiger partial charge in [0.15, 0.2) is 17.6 Å². The second-order valence-corrected chi connectivity index (χ2v) is 5.29. The molecule has 132 valence electrons. The summed E-state index contributed by atoms with van der Waals surface area (Å²) in [4.78, 5) is 24.2. The van der Waals surface area contributed by atoms with Crippen LogP contribution in [0.4, 0.5) is 5.69 Å². The molecule has 2 aromatic rings. The molecule has 0 spiro atoms. The molecule has 0 unspecified atom stereocenters. The first-order valence-electron chi connectivity index (χ1n) is 7.63. The Kier molecular flexibility index (Phi) is 4.90. The van der Waals surface area contributed by atoms with Gasteiger partial charge in [0.1, 0.15) is 17.4 Å². The number of hydrogen-bond acceptors (Lipinski definition) is 7. The van der Waals surface area contributed by atoms with Crippen molar-refractivity contribution in [2.75, 3.05) is 12.1 Å². The molecule has 1 atom stereocenters. The van der Waals surface area contributed by atoms with E-state index in [1.165, 1.54) is 19.3 Å². The van der Waals surface area contributed by atoms with Crippen molar-refractivity contribution >= 4 is 23.6 Å². The number of benzene rings is 1. The highest BCUT2D eigenvalue weighted by molar-refractivity contribution is 6.00. The van der Waals surface area contributed by atoms with E-state index in [4.69, 9.17) is 23.9 Å². The maximum absolute atomic E-state index is 12.2. The number of nitrogens with one attached hydrogen (secondary N) is 1. The molecule has 1 N–H and O–H groups in total. The van der Waals surface area contributed by atoms with Gasteiger partial charge in [0.2, 0.25) is 6.79 Å². The molecule has 1 amide bonds. The molecule has 2 heterocycles. The minimum atomic E-state index is -1.11. The third-order valence-corrected chi connectivity index (χ3v) is 3.46. The van der Waals surface area contributed by atoms with E-state index in [9.17, 15) is 9.59 Å². The molecule has 0 saturated carbocycles. The minimum absolute atomic E-state index is 0.125. The monoisotopic (exact) mass is 354 g/mol. The Labute approximate surface area is 148 Å². The number of nitriles is 1. The molecule has 26 heavy (non-hydrogen) atoms. The maximum atomic E-state index is 12.2. The third-order valence-electron chi connectivity index (χ3n) is 3.46. The lowest BCUT2D eigenvalue weighted by Crippen LogP contribution is -2.30. The van der Waals surface area contributed by atoms with Crippen LogP contribution in [0.2, 0.25) is 0 Å². The van der Waals surface area contributed by atoms with Crippen molar-refractivity contribution in [3.63, 3.8) is 0 Å². The van der Waals surface area contributed by atoms with E-state index in [1.54, 1.807) is 36.4 Å². The fourth-order valence-electron chi connectivity index (χ4n) is 2.15. The Morgan fingerprint density at radius 1 is 1.31 bits per heavy atom. The molecule has 0 fully saturated rings. The number of furan rings is 1. The van der Waals surface area contributed by atoms with Gasteiger partial charge in [0, 0.05) is 17.8 Å². The maximum Gasteiger partial charge on any atom is 0.349 e. The zero-order chi connectivity index (χ0) is 18.5. The largest absolute Gasteiger partial charge is 0.465 e. The van der Waals surface area contributed by atoms with Crippen molar-refractivity contribution in [1.29, 1.82) is 5.26 Å². The second kappa shape index (κ2) is 7.44. The number of hydrogen-bond donors (Lipinski definition) is 1. The summed E-state index contributed by atoms with van der Waals surface area (Å²) in [7, 11) is 0. The highest BCUT2D eigenvalue weighted by Crippen LogP contribution is 2.34. The molecule has 8 heteroatoms. The van der Waals surface area contributed by atoms with Crippen molar-refractivity contribution in [2.45, 2.75) is 13.0 Å². The molecule has 0 radical (unpaired) electrons. The molecule has 1 aromatic carbocycles. The summed E-state index contributed by atoms with van der Waals surface area (Å²) >= 11 is 0. The number of anilines is 1. The summed E-state index contributed by atoms with van der Waals surface area (Å²) in [5.74, 6) is -0.0366. The van der Waals surface area contributed by atoms with Crippen LogP contribution in [0, 0.1) is 11.3 Å². The molecule has 0 bridgehead atoms. The first kappa shape index (κ1) is 17.1. The van der Waals surface area contributed by atoms with Gasteiger partial charge in [-0.15, -0.1) is 0 Å². The smallest absolute Gasteiger partial charge is 0.349 e. The molecule has 8 nitrogen and oxygen atoms in total. The Morgan fingerprint density at radius 2 is 2.12 bits per heavy atom. The van der Waals surface area contributed by atoms with Gasteiger partial charge in [0.25, 0.3) is 5.91 Å². The number of carbonyl (C=O) groups excluding carboxylic acids is 2. The quantitative estimate of drug-likeness (QED) is 0.499. The van der Waals surface area contributed by atoms with Crippen LogP contribution < -0.4 is 14.8 Å². The van der Waals surface area contributed by atoms with Gasteiger partial charge in [-0.3, -0.25) is 4.79 Å². The topological polar surface area (TPSA) is 111 Å². The van der Waals surface area contributed by atoms with Crippen molar-refractivity contribution in [1.82, 2.24) is 0 Å². The van der Waals surface area contributed by atoms with E-state index >= 15 is 0 Å². The molecule has 0 saturated heterocycles. The second-order valence-electron chi connectivity index (χ2n) is 5.29. The molecule has 1 aromatic heterocycles. The lowest BCUT2D eigenvalue weighted by Gasteiger charge is -2.13. The van der Waals surface area contributed by atoms with Gasteiger partial charge < -0.3 is 23.9 Å². The molecular weight excluding hydrogens is 340 g/mol. The fourth-order valence-corrected chi connectivity index (χ4v) is 2.15. The van der Waals surface area contributed by atoms with Gasteiger partial charge >= 0.3 is 5.97 Å². The zero-order valence-corrected chi connectivity index (χ0v) is 13.7. The van der Waals surface area contributed by atoms with Crippen molar-refractivity contribution in [3.05, 3.63) is 47.9 Å². The van der Waals surface area contributed by atoms with Crippen LogP contribution in [-0.2, 0) is 14.3 Å². The fraction of sp³-hybridized carbons (Fsp3) is 0.167. The Hall–Kier alpha value is -3.73. The first-order chi connectivity index (χ1) is 12.6. The average molecular weight is 354 g/mol. The molecular formula is C18H14N2O6. The summed E-state index contributed by atoms with van der Waals surface area (Å²) in [6.07, 6.45) is 1.54. The van der Waals surface area contributed by atoms with Crippen LogP contribution in [0.15, 0.2) is 46.6 Å². The average Bonchev–Trinajstić information content (AvgIpc) is 3.30. The van der Waals surface area contributed by atoms with Gasteiger partial charge in [-0.2, -0.15) is 5.26 Å². The lowest BCUT2D eigenvalue weighted by atomic mass is 10.2. The van der Waals surface area contributed by atoms with Crippen molar-refractivity contribution < 1.29 is 28.2 Å². The normalized spacial score (nSPS) is 13.6. The van der Waals surface area contributed by atoms with Crippen LogP contribution in [0.1, 0.15) is 12.7 Å². The highest BCUT2D eigenvalue weighted by atomic mass is 16.7. The number of esters is 1. The van der Waals surface area contributed by atoms with Crippen LogP contribution in [-0.4, -0.2) is 24.8 Å². The standard InChI is InChI=1S/C18H14N2O6/c1-11(26-18(22)12(9-19)7-14-3-2-6-23-14)17(21)20-13-4-5-15-16(8-13)25-10-24-15/h2-8,11H,10H2,1H3,(H,20,21)/b12-7+/t11-/m1/s1. The molecule has 3 rings (SSSR count). The highest BCUT2D eigenvalue weighted by Gasteiger charge is 2.22. The SMILES string of the molecule is C[C@@H](OC(=O)/C(C#N)=C/c1ccco1)C(=O)Nc1ccc2c(c1)OCO2. The van der Waals surface area contributed by atoms with E-state index in [0.717, 1.165) is 0 Å². The molecule has 1 aliphatic heterocycles. The first-order valence-corrected chi connectivity index (χ1v) is 7.63. The van der Waals surface area contributed by atoms with Gasteiger partial charge in [-0.1, -0.05) is 0 Å². The van der Waals surface area contributed by atoms with Crippen LogP contribution in [0.5, 0.6) is 11.5 Å². The van der Waals surface area contributed by atoms with Crippen LogP contribution >= 0.6 is 0 Å². The van der Waals surface area contributed by atoms with Crippen LogP contribution in [0.25, 0.3) is 6.08 Å². The number of nitrogens with zero attached hydrogens (tertiary/aromatic N) is 1. The minimum Gasteiger partial charge on any atom is -0.465 e. The summed E-state index contributed by atoms with van der Waals surface area (Å²) < 4.78 is 20.5. The van der Waals surface area contributed by atoms with Gasteiger partial charge in [-0.25, -0.2) is 4.79 Å². The van der Waals surface area contributed by atoms with E-state index in [1.807, 2.05) is 0 Å². The molecule has 0 aliphatic carbocycles. The zero-order valence-electron chi connectivity index (χ0n) is 13.7. The number of rotatable bonds is 5. The Balaban J connectivity index is 1.61. The lowest BCUT2D eigenvalue weighted by molar-refractivity contribution is -0.148. The summed E-state index contributed by atoms with van der Waals surface area (Å²) in [6, 6.07) is 9.83. The van der Waals surface area contributed by atoms with Crippen LogP contribution in [0.3, 0.4) is 0 Å². The van der Waals surface area contributed by atoms with Gasteiger partial charge in [0.05, 0.1) is 6.26 Å². The summed E-state index contributed by atoms with van der Waals surface area (Å²) in [5.41, 5.74) is 0.191. The van der Waals surface area contributed by atoms with Gasteiger partial charge in [-0.05, 0) is 31.2 Å². The summed E-state index contributed by atoms with van der Waals surface area (Å²) in [6.45, 7) is 1.53. The summed E-state index contributed by atoms with van der Waals surface area (Å²) in [5, 5.41) is 11.7. The van der Waals surface area contributed by atoms with Crippen molar-refractivity contribution in [3.8, 4) is 17.6 Å².